The third kappa shape index (κ3) is 5.58. The summed E-state index contributed by atoms with van der Waals surface area (Å²) in [6, 6.07) is 4.87. The molecule has 0 radical (unpaired) electrons. The maximum atomic E-state index is 12.1. The van der Waals surface area contributed by atoms with E-state index >= 15 is 0 Å². The van der Waals surface area contributed by atoms with E-state index in [1.807, 2.05) is 5.38 Å². The molecule has 0 bridgehead atoms. The van der Waals surface area contributed by atoms with Crippen LogP contribution in [-0.4, -0.2) is 35.5 Å². The SMILES string of the molecule is C[C@H]1CCCN(Cc2csc(NC(=O)COc3ccc(Cl)cc3Cl)n2)C1. The van der Waals surface area contributed by atoms with E-state index in [4.69, 9.17) is 27.9 Å². The van der Waals surface area contributed by atoms with Crippen LogP contribution >= 0.6 is 34.5 Å². The van der Waals surface area contributed by atoms with Gasteiger partial charge in [-0.15, -0.1) is 11.3 Å². The van der Waals surface area contributed by atoms with Gasteiger partial charge in [0, 0.05) is 23.5 Å². The van der Waals surface area contributed by atoms with Crippen LogP contribution in [0.2, 0.25) is 10.0 Å². The minimum Gasteiger partial charge on any atom is -0.482 e. The van der Waals surface area contributed by atoms with Crippen molar-refractivity contribution in [2.45, 2.75) is 26.3 Å². The van der Waals surface area contributed by atoms with Gasteiger partial charge in [0.05, 0.1) is 10.7 Å². The number of halogens is 2. The quantitative estimate of drug-likeness (QED) is 0.745. The van der Waals surface area contributed by atoms with Gasteiger partial charge in [0.1, 0.15) is 5.75 Å². The van der Waals surface area contributed by atoms with E-state index in [1.54, 1.807) is 18.2 Å². The maximum absolute atomic E-state index is 12.1. The fourth-order valence-corrected chi connectivity index (χ4v) is 4.17. The van der Waals surface area contributed by atoms with E-state index in [-0.39, 0.29) is 12.5 Å². The molecule has 1 aromatic carbocycles. The molecule has 1 amide bonds. The molecular formula is C18H21Cl2N3O2S. The maximum Gasteiger partial charge on any atom is 0.264 e. The van der Waals surface area contributed by atoms with Gasteiger partial charge >= 0.3 is 0 Å². The minimum absolute atomic E-state index is 0.139. The Kier molecular flexibility index (Phi) is 6.75. The zero-order valence-corrected chi connectivity index (χ0v) is 16.8. The van der Waals surface area contributed by atoms with Crippen molar-refractivity contribution < 1.29 is 9.53 Å². The van der Waals surface area contributed by atoms with Crippen LogP contribution in [0.15, 0.2) is 23.6 Å². The number of piperidine rings is 1. The topological polar surface area (TPSA) is 54.5 Å². The van der Waals surface area contributed by atoms with E-state index in [0.717, 1.165) is 31.2 Å². The molecule has 0 spiro atoms. The van der Waals surface area contributed by atoms with Crippen molar-refractivity contribution in [3.63, 3.8) is 0 Å². The van der Waals surface area contributed by atoms with Crippen molar-refractivity contribution in [3.8, 4) is 5.75 Å². The lowest BCUT2D eigenvalue weighted by Gasteiger charge is -2.30. The highest BCUT2D eigenvalue weighted by Gasteiger charge is 2.17. The van der Waals surface area contributed by atoms with Crippen molar-refractivity contribution in [2.24, 2.45) is 5.92 Å². The fraction of sp³-hybridized carbons (Fsp3) is 0.444. The largest absolute Gasteiger partial charge is 0.482 e. The summed E-state index contributed by atoms with van der Waals surface area (Å²) in [5.74, 6) is 0.882. The number of anilines is 1. The number of carbonyl (C=O) groups excluding carboxylic acids is 1. The molecule has 5 nitrogen and oxygen atoms in total. The standard InChI is InChI=1S/C18H21Cl2N3O2S/c1-12-3-2-6-23(8-12)9-14-11-26-18(21-14)22-17(24)10-25-16-5-4-13(19)7-15(16)20/h4-5,7,11-12H,2-3,6,8-10H2,1H3,(H,21,22,24)/t12-/m0/s1. The summed E-state index contributed by atoms with van der Waals surface area (Å²) in [4.78, 5) is 19.0. The molecule has 1 fully saturated rings. The predicted octanol–water partition coefficient (Wildman–Crippen LogP) is 4.70. The average Bonchev–Trinajstić information content (AvgIpc) is 3.01. The van der Waals surface area contributed by atoms with Crippen molar-refractivity contribution in [1.82, 2.24) is 9.88 Å². The number of hydrogen-bond acceptors (Lipinski definition) is 5. The third-order valence-electron chi connectivity index (χ3n) is 4.18. The summed E-state index contributed by atoms with van der Waals surface area (Å²) in [6.07, 6.45) is 2.53. The van der Waals surface area contributed by atoms with Crippen molar-refractivity contribution in [1.29, 1.82) is 0 Å². The molecule has 140 valence electrons. The number of thiazole rings is 1. The number of benzene rings is 1. The molecule has 0 saturated carbocycles. The van der Waals surface area contributed by atoms with Crippen LogP contribution in [0.3, 0.4) is 0 Å². The van der Waals surface area contributed by atoms with Crippen molar-refractivity contribution in [2.75, 3.05) is 25.0 Å². The molecule has 2 heterocycles. The van der Waals surface area contributed by atoms with Crippen LogP contribution in [0.25, 0.3) is 0 Å². The van der Waals surface area contributed by atoms with E-state index < -0.39 is 0 Å². The molecule has 0 aliphatic carbocycles. The zero-order chi connectivity index (χ0) is 18.5. The number of nitrogens with zero attached hydrogens (tertiary/aromatic N) is 2. The van der Waals surface area contributed by atoms with Crippen molar-refractivity contribution in [3.05, 3.63) is 39.3 Å². The highest BCUT2D eigenvalue weighted by molar-refractivity contribution is 7.13. The second-order valence-electron chi connectivity index (χ2n) is 6.54. The molecule has 1 aliphatic rings. The van der Waals surface area contributed by atoms with Gasteiger partial charge in [-0.05, 0) is 43.5 Å². The molecule has 2 aromatic rings. The molecule has 26 heavy (non-hydrogen) atoms. The summed E-state index contributed by atoms with van der Waals surface area (Å²) in [7, 11) is 0. The monoisotopic (exact) mass is 413 g/mol. The van der Waals surface area contributed by atoms with E-state index in [1.165, 1.54) is 24.2 Å². The van der Waals surface area contributed by atoms with Crippen LogP contribution in [-0.2, 0) is 11.3 Å². The van der Waals surface area contributed by atoms with Crippen LogP contribution in [0.1, 0.15) is 25.5 Å². The number of ether oxygens (including phenoxy) is 1. The number of hydrogen-bond donors (Lipinski definition) is 1. The van der Waals surface area contributed by atoms with Crippen LogP contribution in [0.4, 0.5) is 5.13 Å². The van der Waals surface area contributed by atoms with Gasteiger partial charge in [-0.2, -0.15) is 0 Å². The smallest absolute Gasteiger partial charge is 0.264 e. The number of carbonyl (C=O) groups is 1. The van der Waals surface area contributed by atoms with Gasteiger partial charge in [0.25, 0.3) is 5.91 Å². The Balaban J connectivity index is 1.48. The number of amides is 1. The van der Waals surface area contributed by atoms with Crippen molar-refractivity contribution >= 4 is 45.6 Å². The molecule has 0 unspecified atom stereocenters. The van der Waals surface area contributed by atoms with Gasteiger partial charge in [-0.25, -0.2) is 4.98 Å². The molecule has 3 rings (SSSR count). The Morgan fingerprint density at radius 1 is 1.46 bits per heavy atom. The Morgan fingerprint density at radius 3 is 3.08 bits per heavy atom. The first-order chi connectivity index (χ1) is 12.5. The first kappa shape index (κ1) is 19.4. The van der Waals surface area contributed by atoms with E-state index in [0.29, 0.717) is 20.9 Å². The van der Waals surface area contributed by atoms with Gasteiger partial charge in [-0.1, -0.05) is 30.1 Å². The first-order valence-corrected chi connectivity index (χ1v) is 10.2. The number of nitrogens with one attached hydrogen (secondary N) is 1. The van der Waals surface area contributed by atoms with Crippen LogP contribution in [0.5, 0.6) is 5.75 Å². The molecule has 1 atom stereocenters. The minimum atomic E-state index is -0.275. The first-order valence-electron chi connectivity index (χ1n) is 8.54. The van der Waals surface area contributed by atoms with Gasteiger partial charge in [0.15, 0.2) is 11.7 Å². The molecule has 8 heteroatoms. The van der Waals surface area contributed by atoms with E-state index in [9.17, 15) is 4.79 Å². The molecule has 1 saturated heterocycles. The van der Waals surface area contributed by atoms with Gasteiger partial charge in [0.2, 0.25) is 0 Å². The Labute approximate surface area is 167 Å². The summed E-state index contributed by atoms with van der Waals surface area (Å²) in [6.45, 7) is 5.19. The van der Waals surface area contributed by atoms with Gasteiger partial charge < -0.3 is 4.74 Å². The third-order valence-corrected chi connectivity index (χ3v) is 5.51. The lowest BCUT2D eigenvalue weighted by atomic mass is 10.0. The summed E-state index contributed by atoms with van der Waals surface area (Å²) >= 11 is 13.3. The lowest BCUT2D eigenvalue weighted by molar-refractivity contribution is -0.118. The summed E-state index contributed by atoms with van der Waals surface area (Å²) in [5.41, 5.74) is 0.987. The second kappa shape index (κ2) is 9.04. The number of rotatable bonds is 6. The Hall–Kier alpha value is -1.34. The number of likely N-dealkylation sites (tertiary alicyclic amines) is 1. The fourth-order valence-electron chi connectivity index (χ4n) is 2.99. The molecule has 1 N–H and O–H groups in total. The number of aromatic nitrogens is 1. The molecule has 1 aliphatic heterocycles. The van der Waals surface area contributed by atoms with E-state index in [2.05, 4.69) is 22.1 Å². The van der Waals surface area contributed by atoms with Gasteiger partial charge in [-0.3, -0.25) is 15.0 Å². The Bertz CT molecular complexity index is 769. The van der Waals surface area contributed by atoms with Crippen LogP contribution in [0, 0.1) is 5.92 Å². The normalized spacial score (nSPS) is 17.9. The molecule has 1 aromatic heterocycles. The van der Waals surface area contributed by atoms with Crippen LogP contribution < -0.4 is 10.1 Å². The second-order valence-corrected chi connectivity index (χ2v) is 8.24. The zero-order valence-electron chi connectivity index (χ0n) is 14.5. The Morgan fingerprint density at radius 2 is 2.31 bits per heavy atom. The average molecular weight is 414 g/mol. The highest BCUT2D eigenvalue weighted by atomic mass is 35.5. The predicted molar refractivity (Wildman–Crippen MR) is 106 cm³/mol. The summed E-state index contributed by atoms with van der Waals surface area (Å²) < 4.78 is 5.43. The molecular weight excluding hydrogens is 393 g/mol. The summed E-state index contributed by atoms with van der Waals surface area (Å²) in [5, 5.41) is 6.23. The highest BCUT2D eigenvalue weighted by Crippen LogP contribution is 2.27. The lowest BCUT2D eigenvalue weighted by Crippen LogP contribution is -2.33.